The molecule has 0 spiro atoms. The number of thiophene rings is 1. The Labute approximate surface area is 210 Å². The number of esters is 1. The molecular weight excluding hydrogens is 482 g/mol. The summed E-state index contributed by atoms with van der Waals surface area (Å²) in [6.07, 6.45) is 3.54. The molecule has 0 saturated heterocycles. The van der Waals surface area contributed by atoms with Crippen LogP contribution >= 0.6 is 23.6 Å². The monoisotopic (exact) mass is 503 g/mol. The standard InChI is InChI=1S/C25H21N5O3S2/c1-3-33-24(32)20-18-11-7-8-12-19(18)35-23(20)30-25(34)29(17-9-5-4-6-10-17)22(31)21(28-30)15(2)16(13-26)14-27/h4-6,9-10H,3,7-8,11-12H2,1-2H3. The molecule has 1 aromatic carbocycles. The zero-order chi connectivity index (χ0) is 25.1. The molecule has 10 heteroatoms. The molecule has 2 aromatic heterocycles. The number of para-hydroxylation sites is 1. The molecule has 3 aromatic rings. The van der Waals surface area contributed by atoms with Crippen LogP contribution in [0.4, 0.5) is 0 Å². The second kappa shape index (κ2) is 10.2. The van der Waals surface area contributed by atoms with Crippen molar-refractivity contribution in [1.29, 1.82) is 10.5 Å². The first-order chi connectivity index (χ1) is 16.9. The number of carbonyl (C=O) groups is 1. The maximum Gasteiger partial charge on any atom is 0.341 e. The molecule has 0 unspecified atom stereocenters. The van der Waals surface area contributed by atoms with Crippen molar-refractivity contribution in [3.63, 3.8) is 0 Å². The van der Waals surface area contributed by atoms with Gasteiger partial charge in [0.05, 0.1) is 17.9 Å². The third kappa shape index (κ3) is 4.34. The number of aryl methyl sites for hydroxylation is 1. The van der Waals surface area contributed by atoms with Crippen LogP contribution in [0.3, 0.4) is 0 Å². The number of aromatic nitrogens is 3. The maximum absolute atomic E-state index is 13.5. The zero-order valence-corrected chi connectivity index (χ0v) is 20.8. The molecule has 1 aliphatic rings. The third-order valence-corrected chi connectivity index (χ3v) is 7.39. The number of ether oxygens (including phenoxy) is 1. The van der Waals surface area contributed by atoms with Crippen molar-refractivity contribution in [1.82, 2.24) is 14.3 Å². The highest BCUT2D eigenvalue weighted by Crippen LogP contribution is 2.37. The summed E-state index contributed by atoms with van der Waals surface area (Å²) < 4.78 is 8.14. The lowest BCUT2D eigenvalue weighted by molar-refractivity contribution is 0.0525. The summed E-state index contributed by atoms with van der Waals surface area (Å²) >= 11 is 7.14. The number of nitrogens with zero attached hydrogens (tertiary/aromatic N) is 5. The van der Waals surface area contributed by atoms with E-state index in [2.05, 4.69) is 5.10 Å². The molecule has 0 fully saturated rings. The van der Waals surface area contributed by atoms with E-state index in [1.165, 1.54) is 27.5 Å². The largest absolute Gasteiger partial charge is 0.462 e. The van der Waals surface area contributed by atoms with E-state index in [1.807, 2.05) is 18.2 Å². The van der Waals surface area contributed by atoms with E-state index < -0.39 is 11.5 Å². The molecule has 2 heterocycles. The molecule has 0 atom stereocenters. The van der Waals surface area contributed by atoms with Crippen LogP contribution in [0.15, 0.2) is 40.7 Å². The fourth-order valence-electron chi connectivity index (χ4n) is 4.07. The molecule has 0 N–H and O–H groups in total. The minimum Gasteiger partial charge on any atom is -0.462 e. The number of hydrogen-bond acceptors (Lipinski definition) is 8. The highest BCUT2D eigenvalue weighted by Gasteiger charge is 2.29. The van der Waals surface area contributed by atoms with Gasteiger partial charge in [0.15, 0.2) is 5.69 Å². The lowest BCUT2D eigenvalue weighted by Crippen LogP contribution is -2.29. The Balaban J connectivity index is 2.12. The maximum atomic E-state index is 13.5. The van der Waals surface area contributed by atoms with Gasteiger partial charge < -0.3 is 4.74 Å². The summed E-state index contributed by atoms with van der Waals surface area (Å²) in [5, 5.41) is 23.8. The lowest BCUT2D eigenvalue weighted by Gasteiger charge is -2.15. The van der Waals surface area contributed by atoms with Crippen LogP contribution in [0.25, 0.3) is 16.3 Å². The summed E-state index contributed by atoms with van der Waals surface area (Å²) in [7, 11) is 0. The Morgan fingerprint density at radius 1 is 1.20 bits per heavy atom. The summed E-state index contributed by atoms with van der Waals surface area (Å²) in [6.45, 7) is 3.46. The quantitative estimate of drug-likeness (QED) is 0.282. The Bertz CT molecular complexity index is 1530. The molecule has 8 nitrogen and oxygen atoms in total. The third-order valence-electron chi connectivity index (χ3n) is 5.77. The number of carbonyl (C=O) groups excluding carboxylic acids is 1. The van der Waals surface area contributed by atoms with E-state index in [-0.39, 0.29) is 28.2 Å². The molecular formula is C25H21N5O3S2. The molecule has 0 amide bonds. The van der Waals surface area contributed by atoms with Gasteiger partial charge in [-0.25, -0.2) is 9.36 Å². The average Bonchev–Trinajstić information content (AvgIpc) is 3.25. The van der Waals surface area contributed by atoms with Crippen molar-refractivity contribution in [2.24, 2.45) is 0 Å². The van der Waals surface area contributed by atoms with Crippen LogP contribution in [0, 0.1) is 27.4 Å². The first kappa shape index (κ1) is 24.3. The van der Waals surface area contributed by atoms with Gasteiger partial charge in [-0.05, 0) is 69.4 Å². The molecule has 0 radical (unpaired) electrons. The minimum absolute atomic E-state index is 0.0670. The van der Waals surface area contributed by atoms with E-state index in [0.29, 0.717) is 16.3 Å². The van der Waals surface area contributed by atoms with Crippen LogP contribution in [0.1, 0.15) is 53.2 Å². The number of nitriles is 2. The normalized spacial score (nSPS) is 12.2. The molecule has 35 heavy (non-hydrogen) atoms. The van der Waals surface area contributed by atoms with Crippen molar-refractivity contribution >= 4 is 35.1 Å². The van der Waals surface area contributed by atoms with Gasteiger partial charge in [-0.3, -0.25) is 4.79 Å². The Morgan fingerprint density at radius 3 is 2.54 bits per heavy atom. The van der Waals surface area contributed by atoms with Gasteiger partial charge >= 0.3 is 5.97 Å². The van der Waals surface area contributed by atoms with E-state index >= 15 is 0 Å². The van der Waals surface area contributed by atoms with Crippen molar-refractivity contribution in [3.8, 4) is 22.8 Å². The molecule has 4 rings (SSSR count). The smallest absolute Gasteiger partial charge is 0.341 e. The second-order valence-corrected chi connectivity index (χ2v) is 9.30. The van der Waals surface area contributed by atoms with Gasteiger partial charge in [-0.15, -0.1) is 11.3 Å². The van der Waals surface area contributed by atoms with Crippen molar-refractivity contribution < 1.29 is 9.53 Å². The van der Waals surface area contributed by atoms with Crippen LogP contribution in [0.5, 0.6) is 0 Å². The lowest BCUT2D eigenvalue weighted by atomic mass is 9.95. The first-order valence-electron chi connectivity index (χ1n) is 11.1. The highest BCUT2D eigenvalue weighted by atomic mass is 32.1. The van der Waals surface area contributed by atoms with E-state index in [0.717, 1.165) is 36.1 Å². The molecule has 0 aliphatic heterocycles. The first-order valence-corrected chi connectivity index (χ1v) is 12.3. The SMILES string of the molecule is CCOC(=O)c1c(-n2nc(C(C)=C(C#N)C#N)c(=O)n(-c3ccccc3)c2=S)sc2c1CCCC2. The fourth-order valence-corrected chi connectivity index (χ4v) is 5.78. The van der Waals surface area contributed by atoms with Gasteiger partial charge in [0.2, 0.25) is 4.77 Å². The molecule has 0 bridgehead atoms. The van der Waals surface area contributed by atoms with E-state index in [9.17, 15) is 20.1 Å². The second-order valence-electron chi connectivity index (χ2n) is 7.85. The number of rotatable bonds is 5. The van der Waals surface area contributed by atoms with Gasteiger partial charge in [0, 0.05) is 10.5 Å². The molecule has 0 saturated carbocycles. The number of fused-ring (bicyclic) bond motifs is 1. The van der Waals surface area contributed by atoms with Crippen molar-refractivity contribution in [2.75, 3.05) is 6.61 Å². The fraction of sp³-hybridized carbons (Fsp3) is 0.280. The number of hydrogen-bond donors (Lipinski definition) is 0. The minimum atomic E-state index is -0.558. The Kier molecular flexibility index (Phi) is 7.06. The predicted octanol–water partition coefficient (Wildman–Crippen LogP) is 4.69. The van der Waals surface area contributed by atoms with Gasteiger partial charge in [0.1, 0.15) is 22.7 Å². The van der Waals surface area contributed by atoms with Crippen LogP contribution in [-0.2, 0) is 17.6 Å². The number of allylic oxidation sites excluding steroid dienone is 2. The Hall–Kier alpha value is -3.86. The molecule has 176 valence electrons. The summed E-state index contributed by atoms with van der Waals surface area (Å²) in [4.78, 5) is 27.7. The zero-order valence-electron chi connectivity index (χ0n) is 19.2. The summed E-state index contributed by atoms with van der Waals surface area (Å²) in [5.74, 6) is -0.466. The van der Waals surface area contributed by atoms with E-state index in [1.54, 1.807) is 31.2 Å². The number of benzene rings is 1. The van der Waals surface area contributed by atoms with Gasteiger partial charge in [-0.2, -0.15) is 20.3 Å². The summed E-state index contributed by atoms with van der Waals surface area (Å²) in [5.41, 5.74) is 1.09. The van der Waals surface area contributed by atoms with Crippen molar-refractivity contribution in [2.45, 2.75) is 39.5 Å². The average molecular weight is 504 g/mol. The van der Waals surface area contributed by atoms with Crippen LogP contribution in [-0.4, -0.2) is 26.9 Å². The van der Waals surface area contributed by atoms with E-state index in [4.69, 9.17) is 17.0 Å². The topological polar surface area (TPSA) is 114 Å². The van der Waals surface area contributed by atoms with Gasteiger partial charge in [-0.1, -0.05) is 18.2 Å². The summed E-state index contributed by atoms with van der Waals surface area (Å²) in [6, 6.07) is 12.5. The Morgan fingerprint density at radius 2 is 1.89 bits per heavy atom. The highest BCUT2D eigenvalue weighted by molar-refractivity contribution is 7.71. The van der Waals surface area contributed by atoms with Gasteiger partial charge in [0.25, 0.3) is 5.56 Å². The van der Waals surface area contributed by atoms with Crippen molar-refractivity contribution in [3.05, 3.63) is 72.7 Å². The van der Waals surface area contributed by atoms with Crippen LogP contribution in [0.2, 0.25) is 0 Å². The van der Waals surface area contributed by atoms with Crippen LogP contribution < -0.4 is 5.56 Å². The predicted molar refractivity (Wildman–Crippen MR) is 134 cm³/mol. The molecule has 1 aliphatic carbocycles.